The average Bonchev–Trinajstić information content (AvgIpc) is 2.87. The molecule has 1 aliphatic rings. The van der Waals surface area contributed by atoms with Crippen LogP contribution in [-0.4, -0.2) is 26.0 Å². The predicted octanol–water partition coefficient (Wildman–Crippen LogP) is 2.14. The van der Waals surface area contributed by atoms with Gasteiger partial charge in [-0.1, -0.05) is 12.1 Å². The quantitative estimate of drug-likeness (QED) is 0.941. The summed E-state index contributed by atoms with van der Waals surface area (Å²) in [5, 5.41) is 2.89. The second-order valence-electron chi connectivity index (χ2n) is 5.50. The largest absolute Gasteiger partial charge is 0.497 e. The van der Waals surface area contributed by atoms with Crippen molar-refractivity contribution in [3.8, 4) is 5.75 Å². The molecule has 2 aromatic carbocycles. The van der Waals surface area contributed by atoms with Crippen LogP contribution in [-0.2, 0) is 17.8 Å². The number of nitrogens with zero attached hydrogens (tertiary/aromatic N) is 1. The Kier molecular flexibility index (Phi) is 4.02. The highest BCUT2D eigenvalue weighted by Gasteiger charge is 2.24. The molecule has 1 N–H and O–H groups in total. The second-order valence-corrected chi connectivity index (χ2v) is 5.50. The third-order valence-electron chi connectivity index (χ3n) is 4.03. The van der Waals surface area contributed by atoms with E-state index < -0.39 is 0 Å². The molecule has 118 valence electrons. The SMILES string of the molecule is COc1ccc(CNC(=O)c2ccc3c(c2)CC(=O)N3C)cc1. The Morgan fingerprint density at radius 1 is 1.22 bits per heavy atom. The fourth-order valence-corrected chi connectivity index (χ4v) is 2.64. The van der Waals surface area contributed by atoms with Crippen LogP contribution in [0.25, 0.3) is 0 Å². The van der Waals surface area contributed by atoms with Crippen molar-refractivity contribution in [2.75, 3.05) is 19.1 Å². The maximum absolute atomic E-state index is 12.3. The number of carbonyl (C=O) groups excluding carboxylic acids is 2. The maximum atomic E-state index is 12.3. The van der Waals surface area contributed by atoms with Crippen LogP contribution in [0.3, 0.4) is 0 Å². The van der Waals surface area contributed by atoms with Crippen molar-refractivity contribution in [1.82, 2.24) is 5.32 Å². The second kappa shape index (κ2) is 6.12. The van der Waals surface area contributed by atoms with Gasteiger partial charge >= 0.3 is 0 Å². The van der Waals surface area contributed by atoms with Gasteiger partial charge in [-0.3, -0.25) is 9.59 Å². The lowest BCUT2D eigenvalue weighted by atomic mass is 10.1. The highest BCUT2D eigenvalue weighted by atomic mass is 16.5. The molecule has 0 radical (unpaired) electrons. The van der Waals surface area contributed by atoms with Crippen LogP contribution in [0.2, 0.25) is 0 Å². The molecule has 0 atom stereocenters. The van der Waals surface area contributed by atoms with Gasteiger partial charge in [0.15, 0.2) is 0 Å². The number of benzene rings is 2. The van der Waals surface area contributed by atoms with E-state index in [0.29, 0.717) is 18.5 Å². The van der Waals surface area contributed by atoms with E-state index in [4.69, 9.17) is 4.74 Å². The molecule has 23 heavy (non-hydrogen) atoms. The Morgan fingerprint density at radius 3 is 2.65 bits per heavy atom. The lowest BCUT2D eigenvalue weighted by molar-refractivity contribution is -0.117. The molecular formula is C18H18N2O3. The topological polar surface area (TPSA) is 58.6 Å². The third-order valence-corrected chi connectivity index (χ3v) is 4.03. The molecule has 3 rings (SSSR count). The zero-order valence-corrected chi connectivity index (χ0v) is 13.1. The van der Waals surface area contributed by atoms with Crippen molar-refractivity contribution in [3.63, 3.8) is 0 Å². The minimum absolute atomic E-state index is 0.0517. The molecule has 0 bridgehead atoms. The van der Waals surface area contributed by atoms with Crippen molar-refractivity contribution in [1.29, 1.82) is 0 Å². The summed E-state index contributed by atoms with van der Waals surface area (Å²) in [4.78, 5) is 25.6. The van der Waals surface area contributed by atoms with Crippen LogP contribution in [0.15, 0.2) is 42.5 Å². The van der Waals surface area contributed by atoms with E-state index in [1.54, 1.807) is 31.2 Å². The Balaban J connectivity index is 1.67. The van der Waals surface area contributed by atoms with E-state index in [0.717, 1.165) is 22.6 Å². The highest BCUT2D eigenvalue weighted by Crippen LogP contribution is 2.28. The molecule has 0 fully saturated rings. The fourth-order valence-electron chi connectivity index (χ4n) is 2.64. The number of methoxy groups -OCH3 is 1. The molecule has 1 heterocycles. The summed E-state index contributed by atoms with van der Waals surface area (Å²) in [5.41, 5.74) is 3.34. The minimum atomic E-state index is -0.148. The van der Waals surface area contributed by atoms with Crippen LogP contribution in [0, 0.1) is 0 Å². The van der Waals surface area contributed by atoms with Gasteiger partial charge in [0.05, 0.1) is 13.5 Å². The van der Waals surface area contributed by atoms with E-state index in [1.165, 1.54) is 0 Å². The van der Waals surface area contributed by atoms with Crippen LogP contribution < -0.4 is 15.0 Å². The van der Waals surface area contributed by atoms with Crippen LogP contribution in [0.5, 0.6) is 5.75 Å². The summed E-state index contributed by atoms with van der Waals surface area (Å²) in [7, 11) is 3.37. The first kappa shape index (κ1) is 15.1. The molecule has 0 aromatic heterocycles. The van der Waals surface area contributed by atoms with Crippen LogP contribution >= 0.6 is 0 Å². The van der Waals surface area contributed by atoms with Crippen LogP contribution in [0.1, 0.15) is 21.5 Å². The van der Waals surface area contributed by atoms with Gasteiger partial charge in [-0.25, -0.2) is 0 Å². The number of anilines is 1. The number of amides is 2. The number of rotatable bonds is 4. The van der Waals surface area contributed by atoms with E-state index >= 15 is 0 Å². The lowest BCUT2D eigenvalue weighted by Gasteiger charge is -2.11. The van der Waals surface area contributed by atoms with Gasteiger partial charge in [-0.15, -0.1) is 0 Å². The Bertz CT molecular complexity index is 753. The first-order chi connectivity index (χ1) is 11.1. The smallest absolute Gasteiger partial charge is 0.251 e. The number of ether oxygens (including phenoxy) is 1. The number of nitrogens with one attached hydrogen (secondary N) is 1. The Labute approximate surface area is 134 Å². The molecule has 2 amide bonds. The van der Waals surface area contributed by atoms with E-state index in [-0.39, 0.29) is 11.8 Å². The number of fused-ring (bicyclic) bond motifs is 1. The van der Waals surface area contributed by atoms with Gasteiger partial charge in [-0.2, -0.15) is 0 Å². The summed E-state index contributed by atoms with van der Waals surface area (Å²) in [6.45, 7) is 0.443. The molecule has 0 aliphatic carbocycles. The monoisotopic (exact) mass is 310 g/mol. The molecule has 0 spiro atoms. The molecule has 0 saturated heterocycles. The van der Waals surface area contributed by atoms with Crippen molar-refractivity contribution < 1.29 is 14.3 Å². The summed E-state index contributed by atoms with van der Waals surface area (Å²) >= 11 is 0. The Hall–Kier alpha value is -2.82. The lowest BCUT2D eigenvalue weighted by Crippen LogP contribution is -2.23. The van der Waals surface area contributed by atoms with Gasteiger partial charge in [-0.05, 0) is 41.5 Å². The molecule has 0 unspecified atom stereocenters. The third kappa shape index (κ3) is 3.04. The number of likely N-dealkylation sites (N-methyl/N-ethyl adjacent to an activating group) is 1. The minimum Gasteiger partial charge on any atom is -0.497 e. The first-order valence-corrected chi connectivity index (χ1v) is 7.39. The predicted molar refractivity (Wildman–Crippen MR) is 87.7 cm³/mol. The number of carbonyl (C=O) groups is 2. The summed E-state index contributed by atoms with van der Waals surface area (Å²) in [6, 6.07) is 12.9. The van der Waals surface area contributed by atoms with Gasteiger partial charge in [0.2, 0.25) is 5.91 Å². The summed E-state index contributed by atoms with van der Waals surface area (Å²) < 4.78 is 5.11. The van der Waals surface area contributed by atoms with Crippen molar-refractivity contribution >= 4 is 17.5 Å². The summed E-state index contributed by atoms with van der Waals surface area (Å²) in [5.74, 6) is 0.689. The van der Waals surface area contributed by atoms with Gasteiger partial charge in [0, 0.05) is 24.8 Å². The van der Waals surface area contributed by atoms with Crippen molar-refractivity contribution in [3.05, 3.63) is 59.2 Å². The maximum Gasteiger partial charge on any atom is 0.251 e. The normalized spacial score (nSPS) is 13.0. The molecule has 1 aliphatic heterocycles. The van der Waals surface area contributed by atoms with E-state index in [1.807, 2.05) is 30.3 Å². The van der Waals surface area contributed by atoms with Crippen molar-refractivity contribution in [2.24, 2.45) is 0 Å². The zero-order chi connectivity index (χ0) is 16.4. The van der Waals surface area contributed by atoms with Gasteiger partial charge in [0.25, 0.3) is 5.91 Å². The molecule has 0 saturated carbocycles. The standard InChI is InChI=1S/C18H18N2O3/c1-20-16-8-5-13(9-14(16)10-17(20)21)18(22)19-11-12-3-6-15(23-2)7-4-12/h3-9H,10-11H2,1-2H3,(H,19,22). The number of hydrogen-bond donors (Lipinski definition) is 1. The van der Waals surface area contributed by atoms with Gasteiger partial charge in [0.1, 0.15) is 5.75 Å². The summed E-state index contributed by atoms with van der Waals surface area (Å²) in [6.07, 6.45) is 0.353. The van der Waals surface area contributed by atoms with Crippen molar-refractivity contribution in [2.45, 2.75) is 13.0 Å². The first-order valence-electron chi connectivity index (χ1n) is 7.39. The molecule has 5 heteroatoms. The highest BCUT2D eigenvalue weighted by molar-refractivity contribution is 6.03. The Morgan fingerprint density at radius 2 is 1.96 bits per heavy atom. The number of hydrogen-bond acceptors (Lipinski definition) is 3. The van der Waals surface area contributed by atoms with E-state index in [9.17, 15) is 9.59 Å². The zero-order valence-electron chi connectivity index (χ0n) is 13.1. The van der Waals surface area contributed by atoms with E-state index in [2.05, 4.69) is 5.32 Å². The van der Waals surface area contributed by atoms with Gasteiger partial charge < -0.3 is 15.0 Å². The average molecular weight is 310 g/mol. The van der Waals surface area contributed by atoms with Crippen LogP contribution in [0.4, 0.5) is 5.69 Å². The molecule has 5 nitrogen and oxygen atoms in total. The molecular weight excluding hydrogens is 292 g/mol. The fraction of sp³-hybridized carbons (Fsp3) is 0.222. The molecule has 2 aromatic rings.